The van der Waals surface area contributed by atoms with E-state index < -0.39 is 0 Å². The molecule has 0 unspecified atom stereocenters. The van der Waals surface area contributed by atoms with Crippen LogP contribution in [0.4, 0.5) is 0 Å². The molecule has 3 saturated carbocycles. The van der Waals surface area contributed by atoms with Crippen LogP contribution in [0.1, 0.15) is 56.2 Å². The monoisotopic (exact) mass is 437 g/mol. The summed E-state index contributed by atoms with van der Waals surface area (Å²) in [7, 11) is 0. The number of carbonyl (C=O) groups is 2. The molecular weight excluding hydrogens is 402 g/mol. The van der Waals surface area contributed by atoms with Crippen molar-refractivity contribution in [2.75, 3.05) is 26.2 Å². The van der Waals surface area contributed by atoms with Crippen molar-refractivity contribution in [1.29, 1.82) is 0 Å². The topological polar surface area (TPSA) is 78.7 Å². The Kier molecular flexibility index (Phi) is 5.48. The van der Waals surface area contributed by atoms with E-state index in [0.29, 0.717) is 28.4 Å². The zero-order valence-corrected chi connectivity index (χ0v) is 19.4. The lowest BCUT2D eigenvalue weighted by atomic mass is 9.45. The van der Waals surface area contributed by atoms with Gasteiger partial charge in [0.05, 0.1) is 12.1 Å². The molecule has 0 spiro atoms. The second-order valence-electron chi connectivity index (χ2n) is 10.6. The number of pyridine rings is 1. The van der Waals surface area contributed by atoms with E-state index >= 15 is 0 Å². The Morgan fingerprint density at radius 2 is 2.12 bits per heavy atom. The minimum Gasteiger partial charge on any atom is -0.350 e. The number of hydrogen-bond donors (Lipinski definition) is 2. The first-order chi connectivity index (χ1) is 15.3. The van der Waals surface area contributed by atoms with E-state index in [2.05, 4.69) is 36.4 Å². The van der Waals surface area contributed by atoms with Gasteiger partial charge in [0, 0.05) is 38.4 Å². The number of hydrogen-bond acceptors (Lipinski definition) is 4. The molecule has 3 aliphatic carbocycles. The number of amides is 2. The zero-order chi connectivity index (χ0) is 22.5. The lowest BCUT2D eigenvalue weighted by Crippen LogP contribution is -2.54. The molecule has 172 valence electrons. The maximum Gasteiger partial charge on any atom is 0.268 e. The molecule has 2 N–H and O–H groups in total. The normalized spacial score (nSPS) is 28.9. The summed E-state index contributed by atoms with van der Waals surface area (Å²) in [4.78, 5) is 32.4. The molecule has 4 aliphatic rings. The van der Waals surface area contributed by atoms with Crippen LogP contribution in [0.5, 0.6) is 0 Å². The van der Waals surface area contributed by atoms with Gasteiger partial charge >= 0.3 is 0 Å². The third-order valence-electron chi connectivity index (χ3n) is 8.45. The van der Waals surface area contributed by atoms with Gasteiger partial charge in [-0.1, -0.05) is 19.9 Å². The number of rotatable bonds is 5. The summed E-state index contributed by atoms with van der Waals surface area (Å²) in [6.45, 7) is 9.93. The highest BCUT2D eigenvalue weighted by Gasteiger charge is 2.53. The minimum atomic E-state index is -0.0687. The van der Waals surface area contributed by atoms with Gasteiger partial charge in [-0.3, -0.25) is 14.0 Å². The molecule has 2 amide bonds. The Balaban J connectivity index is 1.27. The molecule has 1 aliphatic heterocycles. The van der Waals surface area contributed by atoms with Crippen molar-refractivity contribution in [1.82, 2.24) is 24.9 Å². The van der Waals surface area contributed by atoms with Gasteiger partial charge in [0.15, 0.2) is 0 Å². The van der Waals surface area contributed by atoms with Crippen molar-refractivity contribution in [2.45, 2.75) is 52.5 Å². The predicted octanol–water partition coefficient (Wildman–Crippen LogP) is 2.50. The maximum atomic E-state index is 13.1. The fraction of sp³-hybridized carbons (Fsp3) is 0.640. The van der Waals surface area contributed by atoms with Crippen molar-refractivity contribution in [3.05, 3.63) is 35.8 Å². The van der Waals surface area contributed by atoms with Crippen LogP contribution in [0.3, 0.4) is 0 Å². The molecule has 7 nitrogen and oxygen atoms in total. The summed E-state index contributed by atoms with van der Waals surface area (Å²) < 4.78 is 1.82. The predicted molar refractivity (Wildman–Crippen MR) is 123 cm³/mol. The highest BCUT2D eigenvalue weighted by Crippen LogP contribution is 2.61. The third-order valence-corrected chi connectivity index (χ3v) is 8.45. The molecule has 0 aromatic carbocycles. The Morgan fingerprint density at radius 3 is 2.88 bits per heavy atom. The first-order valence-electron chi connectivity index (χ1n) is 12.1. The van der Waals surface area contributed by atoms with Crippen LogP contribution in [0, 0.1) is 23.2 Å². The number of piperazine rings is 1. The average Bonchev–Trinajstić information content (AvgIpc) is 3.20. The average molecular weight is 438 g/mol. The Morgan fingerprint density at radius 1 is 1.28 bits per heavy atom. The number of nitrogens with one attached hydrogen (secondary N) is 2. The highest BCUT2D eigenvalue weighted by molar-refractivity contribution is 5.93. The summed E-state index contributed by atoms with van der Waals surface area (Å²) in [5.74, 6) is 2.17. The van der Waals surface area contributed by atoms with Crippen LogP contribution in [0.15, 0.2) is 24.4 Å². The van der Waals surface area contributed by atoms with Gasteiger partial charge < -0.3 is 15.5 Å². The summed E-state index contributed by atoms with van der Waals surface area (Å²) in [6.07, 6.45) is 5.91. The molecule has 6 rings (SSSR count). The van der Waals surface area contributed by atoms with Gasteiger partial charge in [0.1, 0.15) is 11.3 Å². The summed E-state index contributed by atoms with van der Waals surface area (Å²) >= 11 is 0. The van der Waals surface area contributed by atoms with Crippen LogP contribution in [-0.2, 0) is 11.2 Å². The van der Waals surface area contributed by atoms with Gasteiger partial charge in [-0.2, -0.15) is 0 Å². The fourth-order valence-corrected chi connectivity index (χ4v) is 6.32. The molecule has 4 fully saturated rings. The van der Waals surface area contributed by atoms with Crippen molar-refractivity contribution in [3.63, 3.8) is 0 Å². The molecule has 32 heavy (non-hydrogen) atoms. The first-order valence-corrected chi connectivity index (χ1v) is 12.1. The zero-order valence-electron chi connectivity index (χ0n) is 19.4. The van der Waals surface area contributed by atoms with Crippen LogP contribution in [-0.4, -0.2) is 58.3 Å². The number of fused-ring (bicyclic) bond motifs is 3. The molecule has 2 aromatic heterocycles. The molecule has 1 saturated heterocycles. The number of nitrogens with zero attached hydrogens (tertiary/aromatic N) is 3. The standard InChI is InChI=1S/C25H35N5O2/c1-16-13-26-9-10-29(16)23(31)12-19-15-30-21(5-4-6-22(30)28-19)24(32)27-14-17-7-8-18-11-20(17)25(18,2)3/h4-6,15-18,20,26H,7-14H2,1-3H3,(H,27,32)/t16-,17-,18+,20-/m0/s1. The smallest absolute Gasteiger partial charge is 0.268 e. The van der Waals surface area contributed by atoms with E-state index in [-0.39, 0.29) is 24.3 Å². The van der Waals surface area contributed by atoms with Crippen LogP contribution in [0.2, 0.25) is 0 Å². The Bertz CT molecular complexity index is 1030. The van der Waals surface area contributed by atoms with Crippen molar-refractivity contribution < 1.29 is 9.59 Å². The SMILES string of the molecule is C[C@H]1CNCCN1C(=O)Cc1cn2c(C(=O)NC[C@@H]3CC[C@@H]4C[C@@H]3C4(C)C)cccc2n1. The number of aromatic nitrogens is 2. The minimum absolute atomic E-state index is 0.0687. The van der Waals surface area contributed by atoms with Gasteiger partial charge in [-0.25, -0.2) is 4.98 Å². The van der Waals surface area contributed by atoms with Gasteiger partial charge in [0.2, 0.25) is 5.91 Å². The number of imidazole rings is 1. The summed E-state index contributed by atoms with van der Waals surface area (Å²) in [5.41, 5.74) is 2.40. The molecule has 2 aromatic rings. The van der Waals surface area contributed by atoms with Crippen LogP contribution < -0.4 is 10.6 Å². The summed E-state index contributed by atoms with van der Waals surface area (Å²) in [5, 5.41) is 6.50. The van der Waals surface area contributed by atoms with E-state index in [1.807, 2.05) is 33.7 Å². The molecule has 2 bridgehead atoms. The van der Waals surface area contributed by atoms with Crippen molar-refractivity contribution >= 4 is 17.5 Å². The Labute approximate surface area is 190 Å². The fourth-order valence-electron chi connectivity index (χ4n) is 6.32. The molecule has 7 heteroatoms. The van der Waals surface area contributed by atoms with E-state index in [9.17, 15) is 9.59 Å². The van der Waals surface area contributed by atoms with Crippen molar-refractivity contribution in [2.24, 2.45) is 23.2 Å². The molecule has 4 atom stereocenters. The maximum absolute atomic E-state index is 13.1. The first kappa shape index (κ1) is 21.4. The van der Waals surface area contributed by atoms with E-state index in [0.717, 1.165) is 38.0 Å². The molecule has 3 heterocycles. The van der Waals surface area contributed by atoms with Crippen LogP contribution in [0.25, 0.3) is 5.65 Å². The number of carbonyl (C=O) groups excluding carboxylic acids is 2. The van der Waals surface area contributed by atoms with Gasteiger partial charge in [-0.15, -0.1) is 0 Å². The Hall–Kier alpha value is -2.41. The lowest BCUT2D eigenvalue weighted by molar-refractivity contribution is -0.133. The van der Waals surface area contributed by atoms with E-state index in [4.69, 9.17) is 0 Å². The molecule has 0 radical (unpaired) electrons. The third kappa shape index (κ3) is 3.70. The van der Waals surface area contributed by atoms with Gasteiger partial charge in [-0.05, 0) is 61.5 Å². The quantitative estimate of drug-likeness (QED) is 0.753. The lowest BCUT2D eigenvalue weighted by Gasteiger charge is -2.60. The largest absolute Gasteiger partial charge is 0.350 e. The van der Waals surface area contributed by atoms with Crippen molar-refractivity contribution in [3.8, 4) is 0 Å². The highest BCUT2D eigenvalue weighted by atomic mass is 16.2. The molecular formula is C25H35N5O2. The van der Waals surface area contributed by atoms with Gasteiger partial charge in [0.25, 0.3) is 5.91 Å². The van der Waals surface area contributed by atoms with E-state index in [1.165, 1.54) is 19.3 Å². The second kappa shape index (κ2) is 8.18. The van der Waals surface area contributed by atoms with E-state index in [1.54, 1.807) is 0 Å². The van der Waals surface area contributed by atoms with Crippen LogP contribution >= 0.6 is 0 Å². The summed E-state index contributed by atoms with van der Waals surface area (Å²) in [6, 6.07) is 5.76. The second-order valence-corrected chi connectivity index (χ2v) is 10.6.